The number of hydrogen-bond donors (Lipinski definition) is 0. The molecule has 1 saturated carbocycles. The van der Waals surface area contributed by atoms with E-state index in [-0.39, 0.29) is 30.2 Å². The van der Waals surface area contributed by atoms with Gasteiger partial charge in [0.05, 0.1) is 19.6 Å². The summed E-state index contributed by atoms with van der Waals surface area (Å²) in [6.45, 7) is 3.54. The predicted octanol–water partition coefficient (Wildman–Crippen LogP) is 3.64. The zero-order valence-corrected chi connectivity index (χ0v) is 17.5. The fourth-order valence-electron chi connectivity index (χ4n) is 3.95. The topological polar surface area (TPSA) is 59.1 Å². The van der Waals surface area contributed by atoms with E-state index in [0.29, 0.717) is 19.7 Å². The van der Waals surface area contributed by atoms with Gasteiger partial charge in [-0.05, 0) is 61.7 Å². The van der Waals surface area contributed by atoms with Gasteiger partial charge in [-0.15, -0.1) is 0 Å². The third-order valence-electron chi connectivity index (χ3n) is 5.72. The van der Waals surface area contributed by atoms with Crippen LogP contribution in [0.25, 0.3) is 0 Å². The van der Waals surface area contributed by atoms with Gasteiger partial charge in [0, 0.05) is 31.2 Å². The van der Waals surface area contributed by atoms with Gasteiger partial charge in [-0.1, -0.05) is 12.1 Å². The number of rotatable bonds is 8. The van der Waals surface area contributed by atoms with Gasteiger partial charge in [-0.25, -0.2) is 0 Å². The van der Waals surface area contributed by atoms with Crippen LogP contribution in [0.4, 0.5) is 5.69 Å². The normalized spacial score (nSPS) is 18.4. The minimum atomic E-state index is -0.303. The molecule has 0 bridgehead atoms. The van der Waals surface area contributed by atoms with Crippen LogP contribution in [-0.4, -0.2) is 43.0 Å². The molecule has 4 rings (SSSR count). The van der Waals surface area contributed by atoms with Gasteiger partial charge in [0.15, 0.2) is 0 Å². The van der Waals surface area contributed by atoms with Gasteiger partial charge < -0.3 is 19.3 Å². The number of carbonyl (C=O) groups excluding carboxylic acids is 2. The third-order valence-corrected chi connectivity index (χ3v) is 5.72. The van der Waals surface area contributed by atoms with Crippen molar-refractivity contribution in [1.82, 2.24) is 4.90 Å². The van der Waals surface area contributed by atoms with Gasteiger partial charge in [-0.3, -0.25) is 9.59 Å². The maximum absolute atomic E-state index is 13.3. The molecule has 1 atom stereocenters. The summed E-state index contributed by atoms with van der Waals surface area (Å²) in [6, 6.07) is 15.6. The van der Waals surface area contributed by atoms with Gasteiger partial charge in [0.25, 0.3) is 0 Å². The van der Waals surface area contributed by atoms with Gasteiger partial charge in [0.1, 0.15) is 11.5 Å². The second kappa shape index (κ2) is 8.78. The Balaban J connectivity index is 1.44. The first-order valence-electron chi connectivity index (χ1n) is 10.6. The Kier molecular flexibility index (Phi) is 5.93. The average molecular weight is 408 g/mol. The van der Waals surface area contributed by atoms with Gasteiger partial charge in [-0.2, -0.15) is 0 Å². The quantitative estimate of drug-likeness (QED) is 0.669. The molecular formula is C24H28N2O4. The second-order valence-electron chi connectivity index (χ2n) is 7.88. The number of nitrogens with zero attached hydrogens (tertiary/aromatic N) is 2. The van der Waals surface area contributed by atoms with E-state index in [9.17, 15) is 9.59 Å². The Morgan fingerprint density at radius 2 is 1.73 bits per heavy atom. The van der Waals surface area contributed by atoms with Crippen LogP contribution in [0, 0.1) is 5.92 Å². The van der Waals surface area contributed by atoms with E-state index in [1.54, 1.807) is 12.0 Å². The van der Waals surface area contributed by atoms with E-state index in [2.05, 4.69) is 0 Å². The van der Waals surface area contributed by atoms with E-state index >= 15 is 0 Å². The largest absolute Gasteiger partial charge is 0.497 e. The SMILES string of the molecule is CCOc1ccc(N2CC(C(=O)N(Cc3ccc(OC)cc3)C3CC3)CC2=O)cc1. The summed E-state index contributed by atoms with van der Waals surface area (Å²) in [7, 11) is 1.64. The van der Waals surface area contributed by atoms with Crippen LogP contribution < -0.4 is 14.4 Å². The molecule has 0 N–H and O–H groups in total. The first-order valence-corrected chi connectivity index (χ1v) is 10.6. The van der Waals surface area contributed by atoms with Crippen molar-refractivity contribution >= 4 is 17.5 Å². The zero-order valence-electron chi connectivity index (χ0n) is 17.5. The second-order valence-corrected chi connectivity index (χ2v) is 7.88. The summed E-state index contributed by atoms with van der Waals surface area (Å²) in [5, 5.41) is 0. The summed E-state index contributed by atoms with van der Waals surface area (Å²) in [5.41, 5.74) is 1.88. The first kappa shape index (κ1) is 20.3. The minimum Gasteiger partial charge on any atom is -0.497 e. The molecule has 1 aliphatic heterocycles. The molecule has 2 aromatic rings. The molecule has 1 aliphatic carbocycles. The zero-order chi connectivity index (χ0) is 21.1. The number of hydrogen-bond acceptors (Lipinski definition) is 4. The Morgan fingerprint density at radius 3 is 2.33 bits per heavy atom. The standard InChI is InChI=1S/C24H28N2O4/c1-3-30-22-12-8-19(9-13-22)25-16-18(14-23(25)27)24(28)26(20-6-7-20)15-17-4-10-21(29-2)11-5-17/h4-5,8-13,18,20H,3,6-7,14-16H2,1-2H3. The fraction of sp³-hybridized carbons (Fsp3) is 0.417. The molecule has 30 heavy (non-hydrogen) atoms. The summed E-state index contributed by atoms with van der Waals surface area (Å²) in [6.07, 6.45) is 2.33. The van der Waals surface area contributed by atoms with Crippen LogP contribution in [0.2, 0.25) is 0 Å². The van der Waals surface area contributed by atoms with E-state index in [1.165, 1.54) is 0 Å². The van der Waals surface area contributed by atoms with Crippen LogP contribution in [0.5, 0.6) is 11.5 Å². The van der Waals surface area contributed by atoms with E-state index in [4.69, 9.17) is 9.47 Å². The molecule has 1 unspecified atom stereocenters. The molecule has 0 aromatic heterocycles. The van der Waals surface area contributed by atoms with Crippen molar-refractivity contribution in [2.24, 2.45) is 5.92 Å². The van der Waals surface area contributed by atoms with Crippen molar-refractivity contribution in [2.45, 2.75) is 38.8 Å². The summed E-state index contributed by atoms with van der Waals surface area (Å²) in [5.74, 6) is 1.35. The van der Waals surface area contributed by atoms with E-state index in [0.717, 1.165) is 35.6 Å². The van der Waals surface area contributed by atoms with Crippen LogP contribution in [0.15, 0.2) is 48.5 Å². The average Bonchev–Trinajstić information content (AvgIpc) is 3.54. The summed E-state index contributed by atoms with van der Waals surface area (Å²) in [4.78, 5) is 29.6. The number of carbonyl (C=O) groups is 2. The number of methoxy groups -OCH3 is 1. The third kappa shape index (κ3) is 4.42. The van der Waals surface area contributed by atoms with Crippen molar-refractivity contribution in [3.05, 3.63) is 54.1 Å². The lowest BCUT2D eigenvalue weighted by atomic mass is 10.1. The van der Waals surface area contributed by atoms with Crippen LogP contribution in [0.1, 0.15) is 31.7 Å². The molecule has 0 spiro atoms. The van der Waals surface area contributed by atoms with Crippen molar-refractivity contribution in [1.29, 1.82) is 0 Å². The predicted molar refractivity (Wildman–Crippen MR) is 115 cm³/mol. The molecule has 6 nitrogen and oxygen atoms in total. The molecule has 2 fully saturated rings. The first-order chi connectivity index (χ1) is 14.6. The lowest BCUT2D eigenvalue weighted by Crippen LogP contribution is -2.38. The Labute approximate surface area is 177 Å². The number of anilines is 1. The highest BCUT2D eigenvalue weighted by Gasteiger charge is 2.41. The van der Waals surface area contributed by atoms with Crippen LogP contribution in [-0.2, 0) is 16.1 Å². The highest BCUT2D eigenvalue weighted by atomic mass is 16.5. The number of ether oxygens (including phenoxy) is 2. The lowest BCUT2D eigenvalue weighted by Gasteiger charge is -2.26. The Bertz CT molecular complexity index is 890. The van der Waals surface area contributed by atoms with E-state index in [1.807, 2.05) is 60.4 Å². The molecule has 2 amide bonds. The number of amides is 2. The molecule has 1 heterocycles. The molecular weight excluding hydrogens is 380 g/mol. The lowest BCUT2D eigenvalue weighted by molar-refractivity contribution is -0.137. The smallest absolute Gasteiger partial charge is 0.228 e. The Hall–Kier alpha value is -3.02. The monoisotopic (exact) mass is 408 g/mol. The van der Waals surface area contributed by atoms with Crippen molar-refractivity contribution < 1.29 is 19.1 Å². The summed E-state index contributed by atoms with van der Waals surface area (Å²) < 4.78 is 10.7. The highest BCUT2D eigenvalue weighted by molar-refractivity contribution is 6.00. The van der Waals surface area contributed by atoms with E-state index < -0.39 is 0 Å². The highest BCUT2D eigenvalue weighted by Crippen LogP contribution is 2.33. The molecule has 2 aromatic carbocycles. The van der Waals surface area contributed by atoms with Gasteiger partial charge >= 0.3 is 0 Å². The van der Waals surface area contributed by atoms with Crippen molar-refractivity contribution in [3.63, 3.8) is 0 Å². The fourth-order valence-corrected chi connectivity index (χ4v) is 3.95. The van der Waals surface area contributed by atoms with Crippen molar-refractivity contribution in [3.8, 4) is 11.5 Å². The Morgan fingerprint density at radius 1 is 1.07 bits per heavy atom. The molecule has 2 aliphatic rings. The van der Waals surface area contributed by atoms with Crippen LogP contribution in [0.3, 0.4) is 0 Å². The maximum Gasteiger partial charge on any atom is 0.228 e. The van der Waals surface area contributed by atoms with Crippen LogP contribution >= 0.6 is 0 Å². The molecule has 1 saturated heterocycles. The van der Waals surface area contributed by atoms with Crippen molar-refractivity contribution in [2.75, 3.05) is 25.2 Å². The summed E-state index contributed by atoms with van der Waals surface area (Å²) >= 11 is 0. The van der Waals surface area contributed by atoms with Gasteiger partial charge in [0.2, 0.25) is 11.8 Å². The minimum absolute atomic E-state index is 0.00213. The number of benzene rings is 2. The molecule has 0 radical (unpaired) electrons. The molecule has 6 heteroatoms. The maximum atomic E-state index is 13.3. The molecule has 158 valence electrons.